The number of rotatable bonds is 3. The maximum Gasteiger partial charge on any atom is 0.234 e. The molecule has 1 spiro atoms. The molecule has 0 aliphatic carbocycles. The second kappa shape index (κ2) is 6.55. The van der Waals surface area contributed by atoms with E-state index in [1.54, 1.807) is 36.4 Å². The zero-order valence-corrected chi connectivity index (χ0v) is 16.4. The molecule has 2 saturated heterocycles. The Morgan fingerprint density at radius 3 is 2.77 bits per heavy atom. The summed E-state index contributed by atoms with van der Waals surface area (Å²) < 4.78 is 31.5. The van der Waals surface area contributed by atoms with Gasteiger partial charge in [0.25, 0.3) is 0 Å². The number of carbonyl (C=O) groups is 2. The molecule has 2 fully saturated rings. The van der Waals surface area contributed by atoms with Crippen molar-refractivity contribution in [3.63, 3.8) is 0 Å². The molecule has 4 aliphatic rings. The van der Waals surface area contributed by atoms with Crippen LogP contribution in [0.25, 0.3) is 0 Å². The topological polar surface area (TPSA) is 77.1 Å². The first kappa shape index (κ1) is 18.4. The molecule has 1 N–H and O–H groups in total. The molecule has 7 nitrogen and oxygen atoms in total. The van der Waals surface area contributed by atoms with Crippen molar-refractivity contribution in [1.82, 2.24) is 0 Å². The summed E-state index contributed by atoms with van der Waals surface area (Å²) in [5.74, 6) is -1.33. The summed E-state index contributed by atoms with van der Waals surface area (Å²) in [6, 6.07) is 11.3. The van der Waals surface area contributed by atoms with Gasteiger partial charge in [-0.05, 0) is 24.3 Å². The highest BCUT2D eigenvalue weighted by Crippen LogP contribution is 2.53. The van der Waals surface area contributed by atoms with Crippen LogP contribution in [0.15, 0.2) is 54.6 Å². The molecule has 158 valence electrons. The molecule has 4 aliphatic heterocycles. The Balaban J connectivity index is 1.28. The van der Waals surface area contributed by atoms with E-state index in [0.717, 1.165) is 0 Å². The van der Waals surface area contributed by atoms with Crippen LogP contribution in [0.5, 0.6) is 11.5 Å². The predicted octanol–water partition coefficient (Wildman–Crippen LogP) is 2.52. The van der Waals surface area contributed by atoms with E-state index < -0.39 is 29.4 Å². The average Bonchev–Trinajstić information content (AvgIpc) is 3.42. The molecule has 0 aromatic heterocycles. The largest absolute Gasteiger partial charge is 0.486 e. The van der Waals surface area contributed by atoms with Crippen molar-refractivity contribution in [3.8, 4) is 11.5 Å². The van der Waals surface area contributed by atoms with E-state index in [4.69, 9.17) is 14.2 Å². The number of benzene rings is 2. The summed E-state index contributed by atoms with van der Waals surface area (Å²) in [5.41, 5.74) is -0.173. The Bertz CT molecular complexity index is 1130. The lowest BCUT2D eigenvalue weighted by Crippen LogP contribution is -2.41. The third kappa shape index (κ3) is 2.68. The molecular weight excluding hydrogens is 403 g/mol. The summed E-state index contributed by atoms with van der Waals surface area (Å²) in [6.07, 6.45) is 3.17. The monoisotopic (exact) mass is 422 g/mol. The van der Waals surface area contributed by atoms with Crippen molar-refractivity contribution in [1.29, 1.82) is 0 Å². The second-order valence-electron chi connectivity index (χ2n) is 8.12. The molecule has 2 aromatic carbocycles. The lowest BCUT2D eigenvalue weighted by molar-refractivity contribution is -0.128. The zero-order valence-electron chi connectivity index (χ0n) is 16.4. The molecule has 4 heterocycles. The number of para-hydroxylation sites is 1. The van der Waals surface area contributed by atoms with Gasteiger partial charge in [-0.1, -0.05) is 24.3 Å². The Kier molecular flexibility index (Phi) is 3.89. The van der Waals surface area contributed by atoms with Crippen LogP contribution in [-0.4, -0.2) is 43.3 Å². The van der Waals surface area contributed by atoms with E-state index >= 15 is 0 Å². The maximum atomic E-state index is 14.4. The molecular formula is C23H19FN2O5. The van der Waals surface area contributed by atoms with Gasteiger partial charge in [0.2, 0.25) is 11.8 Å². The van der Waals surface area contributed by atoms with Gasteiger partial charge in [-0.15, -0.1) is 0 Å². The summed E-state index contributed by atoms with van der Waals surface area (Å²) >= 11 is 0. The Labute approximate surface area is 177 Å². The van der Waals surface area contributed by atoms with E-state index in [-0.39, 0.29) is 24.0 Å². The summed E-state index contributed by atoms with van der Waals surface area (Å²) in [5, 5.41) is 2.88. The van der Waals surface area contributed by atoms with Gasteiger partial charge in [-0.3, -0.25) is 9.59 Å². The minimum atomic E-state index is -0.918. The minimum Gasteiger partial charge on any atom is -0.486 e. The Hall–Kier alpha value is -3.39. The van der Waals surface area contributed by atoms with E-state index in [0.29, 0.717) is 30.4 Å². The van der Waals surface area contributed by atoms with Gasteiger partial charge in [-0.25, -0.2) is 4.39 Å². The molecule has 0 radical (unpaired) electrons. The van der Waals surface area contributed by atoms with Crippen LogP contribution in [0.1, 0.15) is 0 Å². The number of hydrogen-bond acceptors (Lipinski definition) is 5. The predicted molar refractivity (Wildman–Crippen MR) is 109 cm³/mol. The van der Waals surface area contributed by atoms with Crippen molar-refractivity contribution in [2.45, 2.75) is 11.7 Å². The van der Waals surface area contributed by atoms with Gasteiger partial charge in [0.15, 0.2) is 11.5 Å². The van der Waals surface area contributed by atoms with E-state index in [9.17, 15) is 14.0 Å². The van der Waals surface area contributed by atoms with Gasteiger partial charge in [0, 0.05) is 11.8 Å². The first-order valence-corrected chi connectivity index (χ1v) is 10.2. The number of fused-ring (bicyclic) bond motifs is 2. The van der Waals surface area contributed by atoms with Crippen LogP contribution < -0.4 is 19.7 Å². The van der Waals surface area contributed by atoms with Crippen molar-refractivity contribution in [2.24, 2.45) is 11.8 Å². The van der Waals surface area contributed by atoms with E-state index in [2.05, 4.69) is 5.32 Å². The summed E-state index contributed by atoms with van der Waals surface area (Å²) in [4.78, 5) is 27.9. The van der Waals surface area contributed by atoms with Crippen LogP contribution in [0, 0.1) is 17.7 Å². The highest BCUT2D eigenvalue weighted by atomic mass is 19.1. The number of carbonyl (C=O) groups excluding carboxylic acids is 2. The lowest BCUT2D eigenvalue weighted by Gasteiger charge is -2.24. The SMILES string of the molecule is O=C(Nc1ccc2c(c1)OCCO2)C1C2C(=O)N(c3ccccc3F)CC23C=C[C@H]1O3. The summed E-state index contributed by atoms with van der Waals surface area (Å²) in [7, 11) is 0. The maximum absolute atomic E-state index is 14.4. The molecule has 8 heteroatoms. The minimum absolute atomic E-state index is 0.179. The van der Waals surface area contributed by atoms with Crippen molar-refractivity contribution < 1.29 is 28.2 Å². The normalized spacial score (nSPS) is 29.9. The fourth-order valence-electron chi connectivity index (χ4n) is 5.02. The van der Waals surface area contributed by atoms with E-state index in [1.165, 1.54) is 11.0 Å². The molecule has 31 heavy (non-hydrogen) atoms. The van der Waals surface area contributed by atoms with Crippen LogP contribution in [0.4, 0.5) is 15.8 Å². The highest BCUT2D eigenvalue weighted by Gasteiger charge is 2.67. The van der Waals surface area contributed by atoms with Gasteiger partial charge in [0.05, 0.1) is 30.2 Å². The summed E-state index contributed by atoms with van der Waals surface area (Å²) in [6.45, 7) is 1.10. The number of amides is 2. The number of halogens is 1. The van der Waals surface area contributed by atoms with Crippen LogP contribution >= 0.6 is 0 Å². The Morgan fingerprint density at radius 2 is 1.94 bits per heavy atom. The second-order valence-corrected chi connectivity index (χ2v) is 8.12. The highest BCUT2D eigenvalue weighted by molar-refractivity contribution is 6.05. The fraction of sp³-hybridized carbons (Fsp3) is 0.304. The van der Waals surface area contributed by atoms with Crippen molar-refractivity contribution in [3.05, 3.63) is 60.4 Å². The van der Waals surface area contributed by atoms with Gasteiger partial charge < -0.3 is 24.4 Å². The molecule has 2 bridgehead atoms. The smallest absolute Gasteiger partial charge is 0.234 e. The third-order valence-corrected chi connectivity index (χ3v) is 6.36. The average molecular weight is 422 g/mol. The van der Waals surface area contributed by atoms with Crippen molar-refractivity contribution >= 4 is 23.2 Å². The third-order valence-electron chi connectivity index (χ3n) is 6.36. The van der Waals surface area contributed by atoms with Crippen molar-refractivity contribution in [2.75, 3.05) is 30.0 Å². The van der Waals surface area contributed by atoms with Gasteiger partial charge in [0.1, 0.15) is 24.6 Å². The number of nitrogens with zero attached hydrogens (tertiary/aromatic N) is 1. The number of ether oxygens (including phenoxy) is 3. The van der Waals surface area contributed by atoms with Crippen LogP contribution in [-0.2, 0) is 14.3 Å². The van der Waals surface area contributed by atoms with E-state index in [1.807, 2.05) is 12.2 Å². The quantitative estimate of drug-likeness (QED) is 0.770. The molecule has 2 aromatic rings. The molecule has 2 amide bonds. The van der Waals surface area contributed by atoms with Gasteiger partial charge >= 0.3 is 0 Å². The number of hydrogen-bond donors (Lipinski definition) is 1. The first-order chi connectivity index (χ1) is 15.1. The van der Waals surface area contributed by atoms with Gasteiger partial charge in [-0.2, -0.15) is 0 Å². The lowest BCUT2D eigenvalue weighted by atomic mass is 9.77. The first-order valence-electron chi connectivity index (χ1n) is 10.2. The van der Waals surface area contributed by atoms with Crippen LogP contribution in [0.3, 0.4) is 0 Å². The zero-order chi connectivity index (χ0) is 21.2. The Morgan fingerprint density at radius 1 is 1.13 bits per heavy atom. The molecule has 6 rings (SSSR count). The molecule has 4 atom stereocenters. The number of anilines is 2. The molecule has 3 unspecified atom stereocenters. The molecule has 0 saturated carbocycles. The fourth-order valence-corrected chi connectivity index (χ4v) is 5.02. The standard InChI is InChI=1S/C23H19FN2O5/c24-14-3-1-2-4-15(14)26-12-23-8-7-17(31-23)19(20(23)22(26)28)21(27)25-13-5-6-16-18(11-13)30-10-9-29-16/h1-8,11,17,19-20H,9-10,12H2,(H,25,27)/t17-,19?,20?,23?/m1/s1. The number of nitrogens with one attached hydrogen (secondary N) is 1. The van der Waals surface area contributed by atoms with Crippen LogP contribution in [0.2, 0.25) is 0 Å².